The van der Waals surface area contributed by atoms with Crippen molar-refractivity contribution in [2.45, 2.75) is 4.90 Å². The molecule has 134 valence electrons. The molecule has 0 radical (unpaired) electrons. The van der Waals surface area contributed by atoms with Gasteiger partial charge >= 0.3 is 0 Å². The molecule has 1 N–H and O–H groups in total. The smallest absolute Gasteiger partial charge is 0.261 e. The molecule has 0 saturated carbocycles. The summed E-state index contributed by atoms with van der Waals surface area (Å²) in [6.45, 7) is 0. The van der Waals surface area contributed by atoms with Gasteiger partial charge in [0.25, 0.3) is 10.0 Å². The van der Waals surface area contributed by atoms with Gasteiger partial charge in [-0.05, 0) is 60.2 Å². The van der Waals surface area contributed by atoms with Crippen molar-refractivity contribution in [3.05, 3.63) is 76.8 Å². The Morgan fingerprint density at radius 1 is 0.846 bits per heavy atom. The Kier molecular flexibility index (Phi) is 5.41. The van der Waals surface area contributed by atoms with Crippen molar-refractivity contribution >= 4 is 38.9 Å². The van der Waals surface area contributed by atoms with E-state index in [1.54, 1.807) is 54.6 Å². The van der Waals surface area contributed by atoms with Crippen LogP contribution in [0.2, 0.25) is 10.0 Å². The second-order valence-corrected chi connectivity index (χ2v) is 8.03. The van der Waals surface area contributed by atoms with Crippen molar-refractivity contribution in [2.75, 3.05) is 11.8 Å². The summed E-state index contributed by atoms with van der Waals surface area (Å²) in [7, 11) is -2.24. The summed E-state index contributed by atoms with van der Waals surface area (Å²) in [4.78, 5) is 0.135. The molecular formula is C19H15Cl2NO3S. The molecule has 4 nitrogen and oxygen atoms in total. The van der Waals surface area contributed by atoms with Crippen LogP contribution in [0.3, 0.4) is 0 Å². The Labute approximate surface area is 162 Å². The van der Waals surface area contributed by atoms with Gasteiger partial charge in [0.2, 0.25) is 0 Å². The lowest BCUT2D eigenvalue weighted by Gasteiger charge is -2.14. The van der Waals surface area contributed by atoms with Crippen molar-refractivity contribution in [3.8, 4) is 16.9 Å². The number of sulfonamides is 1. The third-order valence-corrected chi connectivity index (χ3v) is 5.62. The highest BCUT2D eigenvalue weighted by Gasteiger charge is 2.17. The highest BCUT2D eigenvalue weighted by atomic mass is 35.5. The van der Waals surface area contributed by atoms with E-state index < -0.39 is 10.0 Å². The summed E-state index contributed by atoms with van der Waals surface area (Å²) >= 11 is 12.0. The van der Waals surface area contributed by atoms with Gasteiger partial charge in [0.05, 0.1) is 17.7 Å². The van der Waals surface area contributed by atoms with Gasteiger partial charge in [-0.15, -0.1) is 0 Å². The molecule has 0 aromatic heterocycles. The average molecular weight is 408 g/mol. The summed E-state index contributed by atoms with van der Waals surface area (Å²) in [5.74, 6) is 0.581. The summed E-state index contributed by atoms with van der Waals surface area (Å²) < 4.78 is 33.1. The van der Waals surface area contributed by atoms with E-state index in [-0.39, 0.29) is 4.90 Å². The molecule has 7 heteroatoms. The maximum atomic E-state index is 12.7. The molecule has 0 heterocycles. The Morgan fingerprint density at radius 2 is 1.46 bits per heavy atom. The van der Waals surface area contributed by atoms with Crippen molar-refractivity contribution in [3.63, 3.8) is 0 Å². The second-order valence-electron chi connectivity index (χ2n) is 5.48. The first-order chi connectivity index (χ1) is 12.4. The van der Waals surface area contributed by atoms with Crippen LogP contribution in [0, 0.1) is 0 Å². The standard InChI is InChI=1S/C19H15Cl2NO3S/c1-25-16-7-9-17(10-8-16)26(23,24)22-19-11-6-15(21)12-18(19)13-2-4-14(20)5-3-13/h2-12,22H,1H3. The highest BCUT2D eigenvalue weighted by molar-refractivity contribution is 7.92. The molecule has 0 atom stereocenters. The van der Waals surface area contributed by atoms with Crippen LogP contribution in [0.1, 0.15) is 0 Å². The first kappa shape index (κ1) is 18.6. The van der Waals surface area contributed by atoms with Gasteiger partial charge in [-0.1, -0.05) is 35.3 Å². The largest absolute Gasteiger partial charge is 0.497 e. The topological polar surface area (TPSA) is 55.4 Å². The molecule has 0 amide bonds. The molecular weight excluding hydrogens is 393 g/mol. The molecule has 0 fully saturated rings. The lowest BCUT2D eigenvalue weighted by molar-refractivity contribution is 0.414. The van der Waals surface area contributed by atoms with Crippen LogP contribution in [-0.4, -0.2) is 15.5 Å². The fraction of sp³-hybridized carbons (Fsp3) is 0.0526. The second kappa shape index (κ2) is 7.58. The first-order valence-electron chi connectivity index (χ1n) is 7.61. The molecule has 0 aliphatic rings. The van der Waals surface area contributed by atoms with Crippen molar-refractivity contribution < 1.29 is 13.2 Å². The maximum Gasteiger partial charge on any atom is 0.261 e. The summed E-state index contributed by atoms with van der Waals surface area (Å²) in [5.41, 5.74) is 1.88. The number of hydrogen-bond donors (Lipinski definition) is 1. The monoisotopic (exact) mass is 407 g/mol. The predicted molar refractivity (Wildman–Crippen MR) is 106 cm³/mol. The summed E-state index contributed by atoms with van der Waals surface area (Å²) in [6, 6.07) is 18.2. The van der Waals surface area contributed by atoms with Gasteiger partial charge < -0.3 is 4.74 Å². The number of nitrogens with one attached hydrogen (secondary N) is 1. The predicted octanol–water partition coefficient (Wildman–Crippen LogP) is 5.47. The normalized spacial score (nSPS) is 11.2. The van der Waals surface area contributed by atoms with Crippen LogP contribution in [-0.2, 0) is 10.0 Å². The van der Waals surface area contributed by atoms with Crippen molar-refractivity contribution in [1.82, 2.24) is 0 Å². The zero-order valence-corrected chi connectivity index (χ0v) is 16.1. The minimum Gasteiger partial charge on any atom is -0.497 e. The quantitative estimate of drug-likeness (QED) is 0.609. The average Bonchev–Trinajstić information content (AvgIpc) is 2.64. The van der Waals surface area contributed by atoms with Gasteiger partial charge in [-0.3, -0.25) is 4.72 Å². The SMILES string of the molecule is COc1ccc(S(=O)(=O)Nc2ccc(Cl)cc2-c2ccc(Cl)cc2)cc1. The van der Waals surface area contributed by atoms with E-state index in [1.165, 1.54) is 19.2 Å². The maximum absolute atomic E-state index is 12.7. The number of anilines is 1. The molecule has 0 unspecified atom stereocenters. The minimum absolute atomic E-state index is 0.135. The van der Waals surface area contributed by atoms with Crippen LogP contribution in [0.15, 0.2) is 71.6 Å². The van der Waals surface area contributed by atoms with Crippen LogP contribution < -0.4 is 9.46 Å². The number of rotatable bonds is 5. The molecule has 0 aliphatic heterocycles. The summed E-state index contributed by atoms with van der Waals surface area (Å²) in [5, 5.41) is 1.10. The van der Waals surface area contributed by atoms with Crippen LogP contribution in [0.5, 0.6) is 5.75 Å². The van der Waals surface area contributed by atoms with E-state index in [1.807, 2.05) is 0 Å². The molecule has 3 aromatic rings. The Bertz CT molecular complexity index is 1020. The van der Waals surface area contributed by atoms with E-state index >= 15 is 0 Å². The third kappa shape index (κ3) is 4.12. The van der Waals surface area contributed by atoms with Gasteiger partial charge in [0.1, 0.15) is 5.75 Å². The molecule has 3 rings (SSSR count). The van der Waals surface area contributed by atoms with E-state index in [0.29, 0.717) is 27.0 Å². The number of benzene rings is 3. The Morgan fingerprint density at radius 3 is 2.08 bits per heavy atom. The molecule has 0 saturated heterocycles. The fourth-order valence-corrected chi connectivity index (χ4v) is 3.81. The van der Waals surface area contributed by atoms with Gasteiger partial charge in [0.15, 0.2) is 0 Å². The lowest BCUT2D eigenvalue weighted by atomic mass is 10.0. The van der Waals surface area contributed by atoms with Crippen LogP contribution in [0.25, 0.3) is 11.1 Å². The Hall–Kier alpha value is -2.21. The van der Waals surface area contributed by atoms with Gasteiger partial charge in [-0.2, -0.15) is 0 Å². The fourth-order valence-electron chi connectivity index (χ4n) is 2.43. The van der Waals surface area contributed by atoms with Crippen LogP contribution >= 0.6 is 23.2 Å². The number of hydrogen-bond acceptors (Lipinski definition) is 3. The Balaban J connectivity index is 1.99. The number of ether oxygens (including phenoxy) is 1. The van der Waals surface area contributed by atoms with Gasteiger partial charge in [0, 0.05) is 15.6 Å². The zero-order chi connectivity index (χ0) is 18.7. The van der Waals surface area contributed by atoms with E-state index in [4.69, 9.17) is 27.9 Å². The van der Waals surface area contributed by atoms with E-state index in [2.05, 4.69) is 4.72 Å². The molecule has 3 aromatic carbocycles. The molecule has 0 bridgehead atoms. The zero-order valence-electron chi connectivity index (χ0n) is 13.7. The molecule has 26 heavy (non-hydrogen) atoms. The molecule has 0 aliphatic carbocycles. The van der Waals surface area contributed by atoms with E-state index in [9.17, 15) is 8.42 Å². The number of halogens is 2. The molecule has 0 spiro atoms. The first-order valence-corrected chi connectivity index (χ1v) is 9.85. The van der Waals surface area contributed by atoms with Crippen molar-refractivity contribution in [1.29, 1.82) is 0 Å². The van der Waals surface area contributed by atoms with E-state index in [0.717, 1.165) is 5.56 Å². The van der Waals surface area contributed by atoms with Crippen LogP contribution in [0.4, 0.5) is 5.69 Å². The summed E-state index contributed by atoms with van der Waals surface area (Å²) in [6.07, 6.45) is 0. The minimum atomic E-state index is -3.76. The lowest BCUT2D eigenvalue weighted by Crippen LogP contribution is -2.13. The highest BCUT2D eigenvalue weighted by Crippen LogP contribution is 2.33. The van der Waals surface area contributed by atoms with Gasteiger partial charge in [-0.25, -0.2) is 8.42 Å². The number of methoxy groups -OCH3 is 1. The third-order valence-electron chi connectivity index (χ3n) is 3.75. The van der Waals surface area contributed by atoms with Crippen molar-refractivity contribution in [2.24, 2.45) is 0 Å².